The van der Waals surface area contributed by atoms with Crippen LogP contribution < -0.4 is 0 Å². The van der Waals surface area contributed by atoms with Crippen molar-refractivity contribution in [1.82, 2.24) is 35.2 Å². The largest absolute Gasteiger partial charge is 0.396 e. The Morgan fingerprint density at radius 3 is 2.67 bits per heavy atom. The monoisotopic (exact) mass is 285 g/mol. The van der Waals surface area contributed by atoms with Gasteiger partial charge < -0.3 is 5.11 Å². The Morgan fingerprint density at radius 2 is 1.86 bits per heavy atom. The number of hydrogen-bond acceptors (Lipinski definition) is 6. The minimum atomic E-state index is 0.0600. The molecule has 3 aromatic rings. The van der Waals surface area contributed by atoms with Gasteiger partial charge in [0.25, 0.3) is 0 Å². The van der Waals surface area contributed by atoms with E-state index in [4.69, 9.17) is 5.11 Å². The molecule has 8 heteroatoms. The summed E-state index contributed by atoms with van der Waals surface area (Å²) in [5, 5.41) is 28.6. The van der Waals surface area contributed by atoms with E-state index in [1.807, 2.05) is 30.3 Å². The van der Waals surface area contributed by atoms with Crippen LogP contribution in [0.2, 0.25) is 0 Å². The highest BCUT2D eigenvalue weighted by atomic mass is 16.3. The molecule has 2 aromatic heterocycles. The average Bonchev–Trinajstić information content (AvgIpc) is 3.11. The molecule has 3 rings (SSSR count). The lowest BCUT2D eigenvalue weighted by molar-refractivity contribution is 0.298. The minimum absolute atomic E-state index is 0.0600. The Balaban J connectivity index is 1.72. The van der Waals surface area contributed by atoms with Crippen molar-refractivity contribution in [3.05, 3.63) is 53.6 Å². The van der Waals surface area contributed by atoms with Crippen molar-refractivity contribution < 1.29 is 5.11 Å². The quantitative estimate of drug-likeness (QED) is 0.679. The second kappa shape index (κ2) is 6.23. The zero-order chi connectivity index (χ0) is 14.5. The molecule has 0 atom stereocenters. The predicted molar refractivity (Wildman–Crippen MR) is 73.3 cm³/mol. The summed E-state index contributed by atoms with van der Waals surface area (Å²) >= 11 is 0. The fraction of sp³-hybridized carbons (Fsp3) is 0.308. The highest BCUT2D eigenvalue weighted by Crippen LogP contribution is 2.04. The molecule has 0 radical (unpaired) electrons. The van der Waals surface area contributed by atoms with E-state index in [1.54, 1.807) is 15.6 Å². The minimum Gasteiger partial charge on any atom is -0.396 e. The van der Waals surface area contributed by atoms with E-state index in [2.05, 4.69) is 25.8 Å². The van der Waals surface area contributed by atoms with Crippen LogP contribution in [0.15, 0.2) is 36.5 Å². The lowest BCUT2D eigenvalue weighted by atomic mass is 10.2. The van der Waals surface area contributed by atoms with Crippen LogP contribution in [0.4, 0.5) is 0 Å². The molecule has 0 saturated carbocycles. The van der Waals surface area contributed by atoms with E-state index in [0.717, 1.165) is 11.3 Å². The fourth-order valence-corrected chi connectivity index (χ4v) is 2.01. The standard InChI is InChI=1S/C13H15N7O/c21-7-6-12-9-19(17-14-12)10-13-15-16-18-20(13)8-11-4-2-1-3-5-11/h1-5,9,21H,6-8,10H2. The van der Waals surface area contributed by atoms with Crippen LogP contribution >= 0.6 is 0 Å². The molecule has 1 N–H and O–H groups in total. The van der Waals surface area contributed by atoms with E-state index in [1.165, 1.54) is 0 Å². The second-order valence-electron chi connectivity index (χ2n) is 4.62. The van der Waals surface area contributed by atoms with Crippen LogP contribution in [0.3, 0.4) is 0 Å². The first-order valence-corrected chi connectivity index (χ1v) is 6.64. The molecule has 0 amide bonds. The van der Waals surface area contributed by atoms with Crippen LogP contribution in [0.25, 0.3) is 0 Å². The molecule has 8 nitrogen and oxygen atoms in total. The Morgan fingerprint density at radius 1 is 1.00 bits per heavy atom. The van der Waals surface area contributed by atoms with E-state index < -0.39 is 0 Å². The number of hydrogen-bond donors (Lipinski definition) is 1. The Hall–Kier alpha value is -2.61. The number of benzene rings is 1. The number of aromatic nitrogens is 7. The molecule has 2 heterocycles. The number of nitrogens with zero attached hydrogens (tertiary/aromatic N) is 7. The molecule has 0 spiro atoms. The molecule has 0 aliphatic heterocycles. The van der Waals surface area contributed by atoms with Gasteiger partial charge in [-0.05, 0) is 16.0 Å². The molecule has 1 aromatic carbocycles. The first-order valence-electron chi connectivity index (χ1n) is 6.64. The highest BCUT2D eigenvalue weighted by Gasteiger charge is 2.09. The predicted octanol–water partition coefficient (Wildman–Crippen LogP) is -0.104. The lowest BCUT2D eigenvalue weighted by Gasteiger charge is -2.04. The summed E-state index contributed by atoms with van der Waals surface area (Å²) < 4.78 is 3.40. The lowest BCUT2D eigenvalue weighted by Crippen LogP contribution is -2.11. The first-order chi connectivity index (χ1) is 10.3. The van der Waals surface area contributed by atoms with Gasteiger partial charge in [0, 0.05) is 19.2 Å². The maximum Gasteiger partial charge on any atom is 0.173 e. The van der Waals surface area contributed by atoms with Crippen molar-refractivity contribution in [2.75, 3.05) is 6.61 Å². The Labute approximate surface area is 121 Å². The Kier molecular flexibility index (Phi) is 3.97. The second-order valence-corrected chi connectivity index (χ2v) is 4.62. The third-order valence-corrected chi connectivity index (χ3v) is 3.04. The smallest absolute Gasteiger partial charge is 0.173 e. The Bertz CT molecular complexity index is 691. The number of aliphatic hydroxyl groups is 1. The van der Waals surface area contributed by atoms with Gasteiger partial charge in [-0.25, -0.2) is 9.36 Å². The van der Waals surface area contributed by atoms with Gasteiger partial charge in [-0.1, -0.05) is 35.5 Å². The van der Waals surface area contributed by atoms with Crippen molar-refractivity contribution in [1.29, 1.82) is 0 Å². The molecular weight excluding hydrogens is 270 g/mol. The zero-order valence-corrected chi connectivity index (χ0v) is 11.4. The highest BCUT2D eigenvalue weighted by molar-refractivity contribution is 5.14. The van der Waals surface area contributed by atoms with Gasteiger partial charge in [0.2, 0.25) is 0 Å². The third-order valence-electron chi connectivity index (χ3n) is 3.04. The van der Waals surface area contributed by atoms with Crippen LogP contribution in [-0.4, -0.2) is 46.9 Å². The van der Waals surface area contributed by atoms with Crippen LogP contribution in [0.5, 0.6) is 0 Å². The normalized spacial score (nSPS) is 10.9. The SMILES string of the molecule is OCCc1cn(Cc2nnnn2Cc2ccccc2)nn1. The molecule has 21 heavy (non-hydrogen) atoms. The van der Waals surface area contributed by atoms with Gasteiger partial charge in [-0.2, -0.15) is 0 Å². The summed E-state index contributed by atoms with van der Waals surface area (Å²) in [7, 11) is 0. The topological polar surface area (TPSA) is 94.5 Å². The van der Waals surface area contributed by atoms with Crippen LogP contribution in [0.1, 0.15) is 17.1 Å². The van der Waals surface area contributed by atoms with Gasteiger partial charge in [0.15, 0.2) is 5.82 Å². The average molecular weight is 285 g/mol. The summed E-state index contributed by atoms with van der Waals surface area (Å²) in [5.41, 5.74) is 1.88. The van der Waals surface area contributed by atoms with Gasteiger partial charge >= 0.3 is 0 Å². The van der Waals surface area contributed by atoms with Crippen molar-refractivity contribution in [3.8, 4) is 0 Å². The molecule has 0 fully saturated rings. The van der Waals surface area contributed by atoms with E-state index >= 15 is 0 Å². The number of rotatable bonds is 6. The summed E-state index contributed by atoms with van der Waals surface area (Å²) in [6, 6.07) is 10.00. The molecule has 0 aliphatic carbocycles. The van der Waals surface area contributed by atoms with Crippen molar-refractivity contribution >= 4 is 0 Å². The number of aliphatic hydroxyl groups excluding tert-OH is 1. The van der Waals surface area contributed by atoms with E-state index in [9.17, 15) is 0 Å². The van der Waals surface area contributed by atoms with Crippen LogP contribution in [0, 0.1) is 0 Å². The first kappa shape index (κ1) is 13.4. The summed E-state index contributed by atoms with van der Waals surface area (Å²) in [5.74, 6) is 0.708. The van der Waals surface area contributed by atoms with Crippen molar-refractivity contribution in [3.63, 3.8) is 0 Å². The summed E-state index contributed by atoms with van der Waals surface area (Å²) in [6.07, 6.45) is 2.28. The van der Waals surface area contributed by atoms with Gasteiger partial charge in [0.05, 0.1) is 12.2 Å². The van der Waals surface area contributed by atoms with Gasteiger partial charge in [-0.15, -0.1) is 10.2 Å². The summed E-state index contributed by atoms with van der Waals surface area (Å²) in [6.45, 7) is 1.12. The molecule has 0 saturated heterocycles. The van der Waals surface area contributed by atoms with Crippen LogP contribution in [-0.2, 0) is 19.5 Å². The molecule has 0 bridgehead atoms. The zero-order valence-electron chi connectivity index (χ0n) is 11.4. The molecule has 108 valence electrons. The molecule has 0 unspecified atom stereocenters. The molecule has 0 aliphatic rings. The van der Waals surface area contributed by atoms with E-state index in [0.29, 0.717) is 25.3 Å². The third kappa shape index (κ3) is 3.29. The summed E-state index contributed by atoms with van der Waals surface area (Å²) in [4.78, 5) is 0. The van der Waals surface area contributed by atoms with Gasteiger partial charge in [-0.3, -0.25) is 0 Å². The number of tetrazole rings is 1. The van der Waals surface area contributed by atoms with Crippen molar-refractivity contribution in [2.24, 2.45) is 0 Å². The molecular formula is C13H15N7O. The maximum absolute atomic E-state index is 8.88. The van der Waals surface area contributed by atoms with Gasteiger partial charge in [0.1, 0.15) is 6.54 Å². The fourth-order valence-electron chi connectivity index (χ4n) is 2.01. The maximum atomic E-state index is 8.88. The van der Waals surface area contributed by atoms with E-state index in [-0.39, 0.29) is 6.61 Å². The van der Waals surface area contributed by atoms with Crippen molar-refractivity contribution in [2.45, 2.75) is 19.5 Å².